The van der Waals surface area contributed by atoms with Crippen LogP contribution in [0.1, 0.15) is 16.1 Å². The lowest BCUT2D eigenvalue weighted by atomic mass is 10.2. The average molecular weight is 363 g/mol. The molecule has 4 aromatic rings. The molecule has 26 heavy (non-hydrogen) atoms. The van der Waals surface area contributed by atoms with Gasteiger partial charge in [-0.15, -0.1) is 0 Å². The number of nitrogens with one attached hydrogen (secondary N) is 2. The predicted octanol–water partition coefficient (Wildman–Crippen LogP) is 4.84. The maximum atomic E-state index is 12.4. The number of anilines is 1. The third-order valence-corrected chi connectivity index (χ3v) is 4.36. The molecule has 2 N–H and O–H groups in total. The number of aryl methyl sites for hydroxylation is 1. The molecule has 128 valence electrons. The number of imidazole rings is 1. The molecule has 6 heteroatoms. The summed E-state index contributed by atoms with van der Waals surface area (Å²) in [4.78, 5) is 24.5. The van der Waals surface area contributed by atoms with E-state index >= 15 is 0 Å². The third-order valence-electron chi connectivity index (χ3n) is 4.03. The SMILES string of the molecule is Cc1cc(-c2nc3cc(NC(=O)c4ccccc4Cl)ccc3[nH]2)ccn1. The second kappa shape index (κ2) is 6.61. The lowest BCUT2D eigenvalue weighted by Crippen LogP contribution is -2.12. The molecule has 2 aromatic heterocycles. The number of halogens is 1. The molecule has 0 aliphatic rings. The van der Waals surface area contributed by atoms with Crippen LogP contribution in [0, 0.1) is 6.92 Å². The summed E-state index contributed by atoms with van der Waals surface area (Å²) in [5.41, 5.74) is 4.65. The van der Waals surface area contributed by atoms with Gasteiger partial charge in [-0.1, -0.05) is 23.7 Å². The van der Waals surface area contributed by atoms with Crippen LogP contribution in [0.4, 0.5) is 5.69 Å². The van der Waals surface area contributed by atoms with Crippen molar-refractivity contribution in [3.05, 3.63) is 77.1 Å². The van der Waals surface area contributed by atoms with Crippen molar-refractivity contribution >= 4 is 34.2 Å². The summed E-state index contributed by atoms with van der Waals surface area (Å²) in [6.45, 7) is 1.94. The van der Waals surface area contributed by atoms with Gasteiger partial charge in [-0.2, -0.15) is 0 Å². The van der Waals surface area contributed by atoms with Gasteiger partial charge in [0.05, 0.1) is 21.6 Å². The van der Waals surface area contributed by atoms with E-state index in [1.165, 1.54) is 0 Å². The molecule has 0 unspecified atom stereocenters. The molecule has 0 aliphatic heterocycles. The Morgan fingerprint density at radius 3 is 2.77 bits per heavy atom. The zero-order valence-corrected chi connectivity index (χ0v) is 14.7. The van der Waals surface area contributed by atoms with Crippen molar-refractivity contribution in [2.75, 3.05) is 5.32 Å². The number of aromatic nitrogens is 3. The van der Waals surface area contributed by atoms with E-state index in [0.29, 0.717) is 16.3 Å². The van der Waals surface area contributed by atoms with Gasteiger partial charge in [-0.25, -0.2) is 4.98 Å². The number of aromatic amines is 1. The number of H-pyrrole nitrogens is 1. The highest BCUT2D eigenvalue weighted by atomic mass is 35.5. The fraction of sp³-hybridized carbons (Fsp3) is 0.0500. The van der Waals surface area contributed by atoms with E-state index in [1.807, 2.05) is 37.3 Å². The highest BCUT2D eigenvalue weighted by Crippen LogP contribution is 2.24. The average Bonchev–Trinajstić information content (AvgIpc) is 3.05. The van der Waals surface area contributed by atoms with Gasteiger partial charge >= 0.3 is 0 Å². The Morgan fingerprint density at radius 2 is 1.96 bits per heavy atom. The van der Waals surface area contributed by atoms with E-state index in [9.17, 15) is 4.79 Å². The molecule has 2 heterocycles. The maximum absolute atomic E-state index is 12.4. The summed E-state index contributed by atoms with van der Waals surface area (Å²) in [6.07, 6.45) is 1.76. The molecule has 0 saturated heterocycles. The number of hydrogen-bond donors (Lipinski definition) is 2. The molecule has 2 aromatic carbocycles. The number of carbonyl (C=O) groups excluding carboxylic acids is 1. The van der Waals surface area contributed by atoms with Crippen molar-refractivity contribution in [2.24, 2.45) is 0 Å². The van der Waals surface area contributed by atoms with Crippen molar-refractivity contribution < 1.29 is 4.79 Å². The normalized spacial score (nSPS) is 10.8. The summed E-state index contributed by atoms with van der Waals surface area (Å²) < 4.78 is 0. The Kier molecular flexibility index (Phi) is 4.14. The molecular formula is C20H15ClN4O. The van der Waals surface area contributed by atoms with E-state index in [0.717, 1.165) is 28.1 Å². The van der Waals surface area contributed by atoms with Gasteiger partial charge in [-0.05, 0) is 49.4 Å². The van der Waals surface area contributed by atoms with Crippen molar-refractivity contribution in [2.45, 2.75) is 6.92 Å². The van der Waals surface area contributed by atoms with Crippen molar-refractivity contribution in [1.82, 2.24) is 15.0 Å². The molecule has 5 nitrogen and oxygen atoms in total. The van der Waals surface area contributed by atoms with Crippen LogP contribution in [-0.2, 0) is 0 Å². The number of rotatable bonds is 3. The Bertz CT molecular complexity index is 1120. The highest BCUT2D eigenvalue weighted by molar-refractivity contribution is 6.34. The van der Waals surface area contributed by atoms with E-state index in [2.05, 4.69) is 20.3 Å². The van der Waals surface area contributed by atoms with Crippen LogP contribution < -0.4 is 5.32 Å². The number of carbonyl (C=O) groups is 1. The monoisotopic (exact) mass is 362 g/mol. The summed E-state index contributed by atoms with van der Waals surface area (Å²) in [7, 11) is 0. The summed E-state index contributed by atoms with van der Waals surface area (Å²) in [5.74, 6) is 0.510. The first-order valence-corrected chi connectivity index (χ1v) is 8.46. The van der Waals surface area contributed by atoms with Crippen LogP contribution in [0.25, 0.3) is 22.4 Å². The molecule has 0 saturated carbocycles. The topological polar surface area (TPSA) is 70.7 Å². The van der Waals surface area contributed by atoms with Gasteiger partial charge in [0.2, 0.25) is 0 Å². The molecule has 4 rings (SSSR count). The Balaban J connectivity index is 1.64. The fourth-order valence-electron chi connectivity index (χ4n) is 2.76. The summed E-state index contributed by atoms with van der Waals surface area (Å²) in [5, 5.41) is 3.28. The first-order valence-electron chi connectivity index (χ1n) is 8.09. The van der Waals surface area contributed by atoms with Crippen LogP contribution in [0.3, 0.4) is 0 Å². The summed E-state index contributed by atoms with van der Waals surface area (Å²) >= 11 is 6.08. The minimum atomic E-state index is -0.254. The van der Waals surface area contributed by atoms with E-state index in [4.69, 9.17) is 11.6 Å². The molecule has 1 amide bonds. The van der Waals surface area contributed by atoms with Crippen LogP contribution in [0.2, 0.25) is 5.02 Å². The second-order valence-electron chi connectivity index (χ2n) is 5.94. The van der Waals surface area contributed by atoms with Gasteiger partial charge in [0.25, 0.3) is 5.91 Å². The van der Waals surface area contributed by atoms with Crippen LogP contribution in [0.5, 0.6) is 0 Å². The first kappa shape index (κ1) is 16.3. The maximum Gasteiger partial charge on any atom is 0.257 e. The second-order valence-corrected chi connectivity index (χ2v) is 6.34. The molecule has 0 aliphatic carbocycles. The Morgan fingerprint density at radius 1 is 1.12 bits per heavy atom. The van der Waals surface area contributed by atoms with E-state index in [1.54, 1.807) is 30.5 Å². The fourth-order valence-corrected chi connectivity index (χ4v) is 2.98. The van der Waals surface area contributed by atoms with Crippen LogP contribution in [-0.4, -0.2) is 20.9 Å². The van der Waals surface area contributed by atoms with E-state index < -0.39 is 0 Å². The van der Waals surface area contributed by atoms with Gasteiger partial charge < -0.3 is 10.3 Å². The third kappa shape index (κ3) is 3.17. The molecule has 0 fully saturated rings. The highest BCUT2D eigenvalue weighted by Gasteiger charge is 2.11. The van der Waals surface area contributed by atoms with Gasteiger partial charge in [-0.3, -0.25) is 9.78 Å². The minimum Gasteiger partial charge on any atom is -0.338 e. The standard InChI is InChI=1S/C20H15ClN4O/c1-12-10-13(8-9-22-12)19-24-17-7-6-14(11-18(17)25-19)23-20(26)15-4-2-3-5-16(15)21/h2-11H,1H3,(H,23,26)(H,24,25). The lowest BCUT2D eigenvalue weighted by molar-refractivity contribution is 0.102. The van der Waals surface area contributed by atoms with Crippen LogP contribution in [0.15, 0.2) is 60.8 Å². The number of hydrogen-bond acceptors (Lipinski definition) is 3. The Hall–Kier alpha value is -3.18. The zero-order chi connectivity index (χ0) is 18.1. The van der Waals surface area contributed by atoms with Crippen molar-refractivity contribution in [3.63, 3.8) is 0 Å². The smallest absolute Gasteiger partial charge is 0.257 e. The Labute approximate surface area is 155 Å². The molecular weight excluding hydrogens is 348 g/mol. The number of fused-ring (bicyclic) bond motifs is 1. The largest absolute Gasteiger partial charge is 0.338 e. The summed E-state index contributed by atoms with van der Waals surface area (Å²) in [6, 6.07) is 16.4. The van der Waals surface area contributed by atoms with Crippen molar-refractivity contribution in [3.8, 4) is 11.4 Å². The quantitative estimate of drug-likeness (QED) is 0.548. The minimum absolute atomic E-state index is 0.254. The first-order chi connectivity index (χ1) is 12.6. The number of amides is 1. The van der Waals surface area contributed by atoms with Gasteiger partial charge in [0, 0.05) is 23.1 Å². The number of nitrogens with zero attached hydrogens (tertiary/aromatic N) is 2. The molecule has 0 atom stereocenters. The predicted molar refractivity (Wildman–Crippen MR) is 103 cm³/mol. The number of pyridine rings is 1. The zero-order valence-electron chi connectivity index (χ0n) is 14.0. The number of benzene rings is 2. The van der Waals surface area contributed by atoms with Gasteiger partial charge in [0.1, 0.15) is 5.82 Å². The lowest BCUT2D eigenvalue weighted by Gasteiger charge is -2.06. The van der Waals surface area contributed by atoms with Crippen molar-refractivity contribution in [1.29, 1.82) is 0 Å². The van der Waals surface area contributed by atoms with Crippen LogP contribution >= 0.6 is 11.6 Å². The van der Waals surface area contributed by atoms with E-state index in [-0.39, 0.29) is 5.91 Å². The van der Waals surface area contributed by atoms with Gasteiger partial charge in [0.15, 0.2) is 0 Å². The molecule has 0 spiro atoms. The molecule has 0 bridgehead atoms. The molecule has 0 radical (unpaired) electrons.